The molecule has 0 atom stereocenters. The van der Waals surface area contributed by atoms with Gasteiger partial charge in [-0.05, 0) is 17.2 Å². The van der Waals surface area contributed by atoms with E-state index in [1.165, 1.54) is 18.9 Å². The van der Waals surface area contributed by atoms with Crippen LogP contribution < -0.4 is 5.32 Å². The van der Waals surface area contributed by atoms with Crippen LogP contribution in [0.4, 0.5) is 0 Å². The Morgan fingerprint density at radius 1 is 1.21 bits per heavy atom. The number of carbonyl (C=O) groups is 4. The molecule has 2 aliphatic rings. The summed E-state index contributed by atoms with van der Waals surface area (Å²) in [5.74, 6) is -1.63. The zero-order chi connectivity index (χ0) is 20.6. The minimum Gasteiger partial charge on any atom is -0.464 e. The van der Waals surface area contributed by atoms with Gasteiger partial charge in [-0.1, -0.05) is 25.3 Å². The van der Waals surface area contributed by atoms with Crippen LogP contribution in [0.2, 0.25) is 0 Å². The summed E-state index contributed by atoms with van der Waals surface area (Å²) in [7, 11) is 1.17. The average Bonchev–Trinajstić information content (AvgIpc) is 2.96. The summed E-state index contributed by atoms with van der Waals surface area (Å²) in [6, 6.07) is 5.45. The zero-order valence-corrected chi connectivity index (χ0v) is 15.8. The lowest BCUT2D eigenvalue weighted by atomic mass is 9.87. The van der Waals surface area contributed by atoms with E-state index in [-0.39, 0.29) is 35.7 Å². The molecule has 1 fully saturated rings. The maximum Gasteiger partial charge on any atom is 0.353 e. The van der Waals surface area contributed by atoms with E-state index >= 15 is 0 Å². The number of methoxy groups -OCH3 is 1. The van der Waals surface area contributed by atoms with Crippen LogP contribution in [0.1, 0.15) is 34.3 Å². The molecule has 8 heteroatoms. The predicted octanol–water partition coefficient (Wildman–Crippen LogP) is 0.905. The van der Waals surface area contributed by atoms with Crippen molar-refractivity contribution in [2.45, 2.75) is 19.4 Å². The van der Waals surface area contributed by atoms with Gasteiger partial charge in [-0.25, -0.2) is 4.79 Å². The molecular formula is C20H21N3O5. The molecule has 0 unspecified atom stereocenters. The molecule has 146 valence electrons. The van der Waals surface area contributed by atoms with Crippen molar-refractivity contribution in [2.24, 2.45) is 0 Å². The van der Waals surface area contributed by atoms with Gasteiger partial charge < -0.3 is 15.0 Å². The maximum atomic E-state index is 12.8. The van der Waals surface area contributed by atoms with Gasteiger partial charge in [0, 0.05) is 31.5 Å². The molecule has 0 radical (unpaired) electrons. The van der Waals surface area contributed by atoms with Crippen molar-refractivity contribution in [1.82, 2.24) is 15.1 Å². The average molecular weight is 383 g/mol. The van der Waals surface area contributed by atoms with E-state index in [1.807, 2.05) is 6.07 Å². The number of nitrogens with one attached hydrogen (secondary N) is 1. The van der Waals surface area contributed by atoms with E-state index in [1.54, 1.807) is 17.0 Å². The summed E-state index contributed by atoms with van der Waals surface area (Å²) < 4.78 is 4.48. The lowest BCUT2D eigenvalue weighted by Crippen LogP contribution is -2.47. The van der Waals surface area contributed by atoms with E-state index in [4.69, 9.17) is 0 Å². The van der Waals surface area contributed by atoms with E-state index in [2.05, 4.69) is 23.2 Å². The van der Waals surface area contributed by atoms with E-state index < -0.39 is 11.9 Å². The Morgan fingerprint density at radius 3 is 2.50 bits per heavy atom. The normalized spacial score (nSPS) is 15.6. The van der Waals surface area contributed by atoms with Crippen LogP contribution in [-0.4, -0.2) is 53.7 Å². The minimum atomic E-state index is -0.778. The first kappa shape index (κ1) is 19.3. The Bertz CT molecular complexity index is 914. The number of esters is 1. The van der Waals surface area contributed by atoms with Gasteiger partial charge >= 0.3 is 5.97 Å². The number of ether oxygens (including phenoxy) is 1. The van der Waals surface area contributed by atoms with Gasteiger partial charge in [-0.15, -0.1) is 0 Å². The highest BCUT2D eigenvalue weighted by Gasteiger charge is 2.37. The highest BCUT2D eigenvalue weighted by molar-refractivity contribution is 6.07. The first-order valence-electron chi connectivity index (χ1n) is 8.71. The quantitative estimate of drug-likeness (QED) is 0.602. The second-order valence-electron chi connectivity index (χ2n) is 6.76. The Hall–Kier alpha value is -3.42. The van der Waals surface area contributed by atoms with Crippen molar-refractivity contribution in [3.05, 3.63) is 59.4 Å². The Balaban J connectivity index is 1.75. The lowest BCUT2D eigenvalue weighted by molar-refractivity contribution is -0.137. The standard InChI is InChI=1S/C20H21N3O5/c1-11(20(27)28-4)21-18(25)12(2)23-10-17-15(6-5-7-16(17)19(23)26)14-8-22(9-14)13(3)24/h5-7,14H,1-2,8-10H2,3-4H3,(H,21,25). The molecule has 1 aromatic rings. The van der Waals surface area contributed by atoms with Crippen molar-refractivity contribution in [2.75, 3.05) is 20.2 Å². The van der Waals surface area contributed by atoms with Crippen molar-refractivity contribution >= 4 is 23.7 Å². The zero-order valence-electron chi connectivity index (χ0n) is 15.8. The second kappa shape index (κ2) is 7.30. The molecule has 0 saturated carbocycles. The molecule has 0 bridgehead atoms. The van der Waals surface area contributed by atoms with Gasteiger partial charge in [0.15, 0.2) is 0 Å². The smallest absolute Gasteiger partial charge is 0.353 e. The first-order chi connectivity index (χ1) is 13.2. The van der Waals surface area contributed by atoms with Gasteiger partial charge in [0.25, 0.3) is 11.8 Å². The van der Waals surface area contributed by atoms with Crippen LogP contribution in [-0.2, 0) is 25.7 Å². The molecule has 0 spiro atoms. The number of hydrogen-bond acceptors (Lipinski definition) is 5. The maximum absolute atomic E-state index is 12.8. The van der Waals surface area contributed by atoms with Crippen molar-refractivity contribution < 1.29 is 23.9 Å². The number of nitrogens with zero attached hydrogens (tertiary/aromatic N) is 2. The highest BCUT2D eigenvalue weighted by Crippen LogP contribution is 2.36. The van der Waals surface area contributed by atoms with E-state index in [0.29, 0.717) is 18.7 Å². The monoisotopic (exact) mass is 383 g/mol. The van der Waals surface area contributed by atoms with Gasteiger partial charge in [0.2, 0.25) is 5.91 Å². The molecule has 0 aromatic heterocycles. The largest absolute Gasteiger partial charge is 0.464 e. The number of amides is 3. The second-order valence-corrected chi connectivity index (χ2v) is 6.76. The van der Waals surface area contributed by atoms with Crippen molar-refractivity contribution in [3.63, 3.8) is 0 Å². The molecule has 1 aromatic carbocycles. The molecule has 28 heavy (non-hydrogen) atoms. The van der Waals surface area contributed by atoms with Crippen LogP contribution in [0, 0.1) is 0 Å². The third-order valence-corrected chi connectivity index (χ3v) is 5.05. The third-order valence-electron chi connectivity index (χ3n) is 5.05. The molecule has 3 amide bonds. The fourth-order valence-electron chi connectivity index (χ4n) is 3.40. The van der Waals surface area contributed by atoms with Crippen LogP contribution in [0.25, 0.3) is 0 Å². The summed E-state index contributed by atoms with van der Waals surface area (Å²) in [5, 5.41) is 2.29. The number of benzene rings is 1. The van der Waals surface area contributed by atoms with Crippen LogP contribution in [0.3, 0.4) is 0 Å². The number of carbonyl (C=O) groups excluding carboxylic acids is 4. The Kier molecular flexibility index (Phi) is 5.04. The lowest BCUT2D eigenvalue weighted by Gasteiger charge is -2.39. The summed E-state index contributed by atoms with van der Waals surface area (Å²) in [6.45, 7) is 10.1. The van der Waals surface area contributed by atoms with Crippen molar-refractivity contribution in [1.29, 1.82) is 0 Å². The number of fused-ring (bicyclic) bond motifs is 1. The summed E-state index contributed by atoms with van der Waals surface area (Å²) in [5.41, 5.74) is 2.02. The number of hydrogen-bond donors (Lipinski definition) is 1. The first-order valence-corrected chi connectivity index (χ1v) is 8.71. The number of likely N-dealkylation sites (tertiary alicyclic amines) is 1. The molecular weight excluding hydrogens is 362 g/mol. The Morgan fingerprint density at radius 2 is 1.89 bits per heavy atom. The van der Waals surface area contributed by atoms with Gasteiger partial charge in [0.05, 0.1) is 13.7 Å². The fraction of sp³-hybridized carbons (Fsp3) is 0.300. The van der Waals surface area contributed by atoms with Crippen LogP contribution in [0.5, 0.6) is 0 Å². The molecule has 1 N–H and O–H groups in total. The summed E-state index contributed by atoms with van der Waals surface area (Å²) >= 11 is 0. The predicted molar refractivity (Wildman–Crippen MR) is 99.7 cm³/mol. The minimum absolute atomic E-state index is 0.0254. The van der Waals surface area contributed by atoms with Gasteiger partial charge in [-0.2, -0.15) is 0 Å². The highest BCUT2D eigenvalue weighted by atomic mass is 16.5. The molecule has 2 aliphatic heterocycles. The topological polar surface area (TPSA) is 96.0 Å². The molecule has 0 aliphatic carbocycles. The Labute approximate surface area is 162 Å². The SMILES string of the molecule is C=C(NC(=O)C(=C)N1Cc2c(cccc2C2CN(C(C)=O)C2)C1=O)C(=O)OC. The van der Waals surface area contributed by atoms with Gasteiger partial charge in [-0.3, -0.25) is 19.3 Å². The summed E-state index contributed by atoms with van der Waals surface area (Å²) in [4.78, 5) is 51.0. The molecule has 2 heterocycles. The van der Waals surface area contributed by atoms with E-state index in [0.717, 1.165) is 11.1 Å². The fourth-order valence-corrected chi connectivity index (χ4v) is 3.40. The molecule has 1 saturated heterocycles. The third kappa shape index (κ3) is 3.28. The number of rotatable bonds is 5. The molecule has 8 nitrogen and oxygen atoms in total. The molecule has 3 rings (SSSR count). The van der Waals surface area contributed by atoms with Crippen LogP contribution >= 0.6 is 0 Å². The van der Waals surface area contributed by atoms with Crippen LogP contribution in [0.15, 0.2) is 42.8 Å². The van der Waals surface area contributed by atoms with Crippen molar-refractivity contribution in [3.8, 4) is 0 Å². The van der Waals surface area contributed by atoms with E-state index in [9.17, 15) is 19.2 Å². The summed E-state index contributed by atoms with van der Waals surface area (Å²) in [6.07, 6.45) is 0. The van der Waals surface area contributed by atoms with Gasteiger partial charge in [0.1, 0.15) is 11.4 Å².